The molecule has 0 amide bonds. The third-order valence-electron chi connectivity index (χ3n) is 2.65. The molecule has 4 nitrogen and oxygen atoms in total. The topological polar surface area (TPSA) is 77.0 Å². The Labute approximate surface area is 120 Å². The summed E-state index contributed by atoms with van der Waals surface area (Å²) in [6.45, 7) is 0. The zero-order chi connectivity index (χ0) is 14.5. The summed E-state index contributed by atoms with van der Waals surface area (Å²) >= 11 is 1.26. The number of rotatable bonds is 3. The van der Waals surface area contributed by atoms with Crippen molar-refractivity contribution in [3.63, 3.8) is 0 Å². The van der Waals surface area contributed by atoms with Gasteiger partial charge < -0.3 is 9.84 Å². The Morgan fingerprint density at radius 3 is 2.30 bits per heavy atom. The van der Waals surface area contributed by atoms with E-state index in [1.165, 1.54) is 23.9 Å². The minimum atomic E-state index is -0.123. The van der Waals surface area contributed by atoms with Gasteiger partial charge in [0.05, 0.1) is 17.6 Å². The van der Waals surface area contributed by atoms with Crippen molar-refractivity contribution in [2.75, 3.05) is 7.11 Å². The Bertz CT molecular complexity index is 712. The van der Waals surface area contributed by atoms with Crippen LogP contribution in [0, 0.1) is 22.7 Å². The molecule has 0 heterocycles. The summed E-state index contributed by atoms with van der Waals surface area (Å²) in [5, 5.41) is 27.9. The van der Waals surface area contributed by atoms with E-state index in [2.05, 4.69) is 0 Å². The second kappa shape index (κ2) is 6.01. The first-order valence-electron chi connectivity index (χ1n) is 5.67. The molecule has 0 bridgehead atoms. The highest BCUT2D eigenvalue weighted by atomic mass is 32.2. The van der Waals surface area contributed by atoms with Gasteiger partial charge >= 0.3 is 0 Å². The van der Waals surface area contributed by atoms with Gasteiger partial charge in [-0.2, -0.15) is 10.5 Å². The summed E-state index contributed by atoms with van der Waals surface area (Å²) in [5.41, 5.74) is 0.477. The molecule has 0 unspecified atom stereocenters. The monoisotopic (exact) mass is 282 g/mol. The summed E-state index contributed by atoms with van der Waals surface area (Å²) in [5.74, 6) is 0.605. The van der Waals surface area contributed by atoms with Gasteiger partial charge in [0.1, 0.15) is 29.2 Å². The van der Waals surface area contributed by atoms with Crippen molar-refractivity contribution in [3.8, 4) is 23.6 Å². The number of benzene rings is 2. The average Bonchev–Trinajstić information content (AvgIpc) is 2.48. The van der Waals surface area contributed by atoms with Gasteiger partial charge in [0.2, 0.25) is 0 Å². The fourth-order valence-corrected chi connectivity index (χ4v) is 2.62. The van der Waals surface area contributed by atoms with Gasteiger partial charge in [-0.05, 0) is 36.4 Å². The number of nitrogens with zero attached hydrogens (tertiary/aromatic N) is 2. The summed E-state index contributed by atoms with van der Waals surface area (Å²) in [4.78, 5) is 1.31. The van der Waals surface area contributed by atoms with Gasteiger partial charge in [0.25, 0.3) is 0 Å². The standard InChI is InChI=1S/C15H10N2O2S/c1-19-11-3-5-12(6-4-11)20-15-10(8-16)2-7-14(18)13(15)9-17/h2-7,18H,1H3. The molecule has 0 aliphatic carbocycles. The van der Waals surface area contributed by atoms with E-state index >= 15 is 0 Å². The second-order valence-electron chi connectivity index (χ2n) is 3.84. The third kappa shape index (κ3) is 2.69. The number of aromatic hydroxyl groups is 1. The van der Waals surface area contributed by atoms with E-state index in [1.54, 1.807) is 19.2 Å². The van der Waals surface area contributed by atoms with E-state index in [1.807, 2.05) is 24.3 Å². The van der Waals surface area contributed by atoms with Gasteiger partial charge in [0.15, 0.2) is 0 Å². The minimum absolute atomic E-state index is 0.116. The van der Waals surface area contributed by atoms with Crippen molar-refractivity contribution in [3.05, 3.63) is 47.5 Å². The van der Waals surface area contributed by atoms with Crippen LogP contribution in [0.1, 0.15) is 11.1 Å². The van der Waals surface area contributed by atoms with Crippen LogP contribution < -0.4 is 4.74 Å². The molecule has 2 rings (SSSR count). The van der Waals surface area contributed by atoms with E-state index in [0.717, 1.165) is 10.6 Å². The van der Waals surface area contributed by atoms with Crippen LogP contribution in [0.4, 0.5) is 0 Å². The summed E-state index contributed by atoms with van der Waals surface area (Å²) in [7, 11) is 1.58. The third-order valence-corrected chi connectivity index (χ3v) is 3.78. The predicted molar refractivity (Wildman–Crippen MR) is 74.7 cm³/mol. The molecule has 0 radical (unpaired) electrons. The Morgan fingerprint density at radius 2 is 1.75 bits per heavy atom. The molecule has 0 aliphatic rings. The van der Waals surface area contributed by atoms with Gasteiger partial charge in [-0.25, -0.2) is 0 Å². The van der Waals surface area contributed by atoms with E-state index in [-0.39, 0.29) is 11.3 Å². The quantitative estimate of drug-likeness (QED) is 0.934. The molecule has 5 heteroatoms. The molecule has 0 aromatic heterocycles. The zero-order valence-electron chi connectivity index (χ0n) is 10.6. The molecule has 20 heavy (non-hydrogen) atoms. The Kier molecular flexibility index (Phi) is 4.14. The molecule has 0 aliphatic heterocycles. The molecule has 0 spiro atoms. The lowest BCUT2D eigenvalue weighted by Gasteiger charge is -2.08. The summed E-state index contributed by atoms with van der Waals surface area (Å²) in [6.07, 6.45) is 0. The van der Waals surface area contributed by atoms with E-state index < -0.39 is 0 Å². The van der Waals surface area contributed by atoms with Crippen LogP contribution in [0.3, 0.4) is 0 Å². The maximum atomic E-state index is 9.71. The maximum absolute atomic E-state index is 9.71. The van der Waals surface area contributed by atoms with Gasteiger partial charge in [-0.1, -0.05) is 11.8 Å². The first-order chi connectivity index (χ1) is 9.69. The Morgan fingerprint density at radius 1 is 1.05 bits per heavy atom. The van der Waals surface area contributed by atoms with Crippen molar-refractivity contribution >= 4 is 11.8 Å². The molecule has 2 aromatic carbocycles. The molecular formula is C15H10N2O2S. The number of hydrogen-bond acceptors (Lipinski definition) is 5. The first kappa shape index (κ1) is 13.8. The molecule has 0 saturated carbocycles. The Hall–Kier alpha value is -2.63. The number of hydrogen-bond donors (Lipinski definition) is 1. The zero-order valence-corrected chi connectivity index (χ0v) is 11.4. The van der Waals surface area contributed by atoms with Gasteiger partial charge in [-0.3, -0.25) is 0 Å². The lowest BCUT2D eigenvalue weighted by atomic mass is 10.1. The second-order valence-corrected chi connectivity index (χ2v) is 4.92. The SMILES string of the molecule is COc1ccc(Sc2c(C#N)ccc(O)c2C#N)cc1. The van der Waals surface area contributed by atoms with Crippen LogP contribution in [0.15, 0.2) is 46.2 Å². The largest absolute Gasteiger partial charge is 0.507 e. The van der Waals surface area contributed by atoms with Crippen LogP contribution in [0.5, 0.6) is 11.5 Å². The average molecular weight is 282 g/mol. The molecule has 98 valence electrons. The van der Waals surface area contributed by atoms with Crippen molar-refractivity contribution in [1.29, 1.82) is 10.5 Å². The van der Waals surface area contributed by atoms with Crippen molar-refractivity contribution < 1.29 is 9.84 Å². The van der Waals surface area contributed by atoms with E-state index in [9.17, 15) is 5.11 Å². The number of phenols is 1. The van der Waals surface area contributed by atoms with E-state index in [0.29, 0.717) is 10.5 Å². The number of phenolic OH excluding ortho intramolecular Hbond substituents is 1. The van der Waals surface area contributed by atoms with E-state index in [4.69, 9.17) is 15.3 Å². The fraction of sp³-hybridized carbons (Fsp3) is 0.0667. The van der Waals surface area contributed by atoms with Crippen molar-refractivity contribution in [2.45, 2.75) is 9.79 Å². The molecule has 2 aromatic rings. The number of nitriles is 2. The smallest absolute Gasteiger partial charge is 0.134 e. The first-order valence-corrected chi connectivity index (χ1v) is 6.49. The van der Waals surface area contributed by atoms with Crippen LogP contribution in [-0.2, 0) is 0 Å². The normalized spacial score (nSPS) is 9.55. The van der Waals surface area contributed by atoms with Gasteiger partial charge in [-0.15, -0.1) is 0 Å². The predicted octanol–water partition coefficient (Wildman–Crippen LogP) is 3.30. The molecular weight excluding hydrogens is 272 g/mol. The molecule has 0 fully saturated rings. The molecule has 0 atom stereocenters. The summed E-state index contributed by atoms with van der Waals surface area (Å²) < 4.78 is 5.07. The van der Waals surface area contributed by atoms with Crippen LogP contribution in [0.2, 0.25) is 0 Å². The highest BCUT2D eigenvalue weighted by Crippen LogP contribution is 2.37. The Balaban J connectivity index is 2.44. The molecule has 0 saturated heterocycles. The maximum Gasteiger partial charge on any atom is 0.134 e. The summed E-state index contributed by atoms with van der Waals surface area (Å²) in [6, 6.07) is 14.1. The lowest BCUT2D eigenvalue weighted by molar-refractivity contribution is 0.414. The lowest BCUT2D eigenvalue weighted by Crippen LogP contribution is -1.89. The van der Waals surface area contributed by atoms with Crippen molar-refractivity contribution in [2.24, 2.45) is 0 Å². The number of ether oxygens (including phenoxy) is 1. The van der Waals surface area contributed by atoms with Gasteiger partial charge in [0, 0.05) is 4.90 Å². The fourth-order valence-electron chi connectivity index (χ4n) is 1.64. The van der Waals surface area contributed by atoms with Crippen LogP contribution in [0.25, 0.3) is 0 Å². The van der Waals surface area contributed by atoms with Crippen LogP contribution >= 0.6 is 11.8 Å². The number of methoxy groups -OCH3 is 1. The minimum Gasteiger partial charge on any atom is -0.507 e. The highest BCUT2D eigenvalue weighted by Gasteiger charge is 2.14. The highest BCUT2D eigenvalue weighted by molar-refractivity contribution is 7.99. The molecule has 1 N–H and O–H groups in total. The van der Waals surface area contributed by atoms with Crippen molar-refractivity contribution in [1.82, 2.24) is 0 Å². The van der Waals surface area contributed by atoms with Crippen LogP contribution in [-0.4, -0.2) is 12.2 Å².